The number of piperidine rings is 1. The van der Waals surface area contributed by atoms with Crippen LogP contribution >= 0.6 is 0 Å². The molecular formula is C14H16FNO4. The van der Waals surface area contributed by atoms with Crippen LogP contribution in [0.2, 0.25) is 0 Å². The number of hydrogen-bond acceptors (Lipinski definition) is 3. The second-order valence-electron chi connectivity index (χ2n) is 4.78. The Hall–Kier alpha value is -2.11. The first-order chi connectivity index (χ1) is 9.56. The third-order valence-electron chi connectivity index (χ3n) is 3.39. The highest BCUT2D eigenvalue weighted by atomic mass is 19.1. The van der Waals surface area contributed by atoms with Gasteiger partial charge in [-0.1, -0.05) is 12.1 Å². The lowest BCUT2D eigenvalue weighted by molar-refractivity contribution is -0.151. The molecule has 5 nitrogen and oxygen atoms in total. The van der Waals surface area contributed by atoms with Crippen LogP contribution in [0.1, 0.15) is 18.4 Å². The van der Waals surface area contributed by atoms with Gasteiger partial charge in [0.05, 0.1) is 5.92 Å². The maximum absolute atomic E-state index is 12.7. The zero-order chi connectivity index (χ0) is 14.5. The Kier molecular flexibility index (Phi) is 4.55. The van der Waals surface area contributed by atoms with Gasteiger partial charge in [-0.2, -0.15) is 0 Å². The Morgan fingerprint density at radius 3 is 2.40 bits per heavy atom. The van der Waals surface area contributed by atoms with Gasteiger partial charge in [-0.25, -0.2) is 9.18 Å². The molecule has 0 saturated carbocycles. The van der Waals surface area contributed by atoms with Crippen molar-refractivity contribution in [3.8, 4) is 0 Å². The molecule has 0 spiro atoms. The number of carbonyl (C=O) groups excluding carboxylic acids is 1. The zero-order valence-corrected chi connectivity index (χ0v) is 10.9. The minimum atomic E-state index is -0.955. The third kappa shape index (κ3) is 3.69. The van der Waals surface area contributed by atoms with Crippen LogP contribution in [0.25, 0.3) is 0 Å². The number of halogens is 1. The standard InChI is InChI=1S/C14H16FNO4/c15-12-3-1-10(2-4-12)9-20-13(17)11-5-7-16(8-6-11)14(18)19/h1-4,11H,5-9H2,(H,18,19). The fourth-order valence-electron chi connectivity index (χ4n) is 2.16. The number of esters is 1. The number of rotatable bonds is 3. The van der Waals surface area contributed by atoms with E-state index in [2.05, 4.69) is 0 Å². The van der Waals surface area contributed by atoms with E-state index in [1.807, 2.05) is 0 Å². The number of likely N-dealkylation sites (tertiary alicyclic amines) is 1. The van der Waals surface area contributed by atoms with Crippen molar-refractivity contribution in [2.75, 3.05) is 13.1 Å². The lowest BCUT2D eigenvalue weighted by atomic mass is 9.97. The summed E-state index contributed by atoms with van der Waals surface area (Å²) in [7, 11) is 0. The number of carboxylic acid groups (broad SMARTS) is 1. The van der Waals surface area contributed by atoms with E-state index in [4.69, 9.17) is 9.84 Å². The highest BCUT2D eigenvalue weighted by Crippen LogP contribution is 2.19. The van der Waals surface area contributed by atoms with Gasteiger partial charge in [-0.15, -0.1) is 0 Å². The molecule has 1 aliphatic heterocycles. The van der Waals surface area contributed by atoms with Crippen LogP contribution in [0.15, 0.2) is 24.3 Å². The zero-order valence-electron chi connectivity index (χ0n) is 10.9. The second kappa shape index (κ2) is 6.36. The molecule has 1 aromatic rings. The summed E-state index contributed by atoms with van der Waals surface area (Å²) in [6, 6.07) is 5.76. The summed E-state index contributed by atoms with van der Waals surface area (Å²) >= 11 is 0. The molecular weight excluding hydrogens is 265 g/mol. The maximum atomic E-state index is 12.7. The number of benzene rings is 1. The summed E-state index contributed by atoms with van der Waals surface area (Å²) in [5.74, 6) is -0.911. The van der Waals surface area contributed by atoms with Gasteiger partial charge in [-0.3, -0.25) is 4.79 Å². The first kappa shape index (κ1) is 14.3. The third-order valence-corrected chi connectivity index (χ3v) is 3.39. The van der Waals surface area contributed by atoms with Gasteiger partial charge in [0, 0.05) is 13.1 Å². The molecule has 0 bridgehead atoms. The normalized spacial score (nSPS) is 15.9. The van der Waals surface area contributed by atoms with Crippen molar-refractivity contribution in [2.24, 2.45) is 5.92 Å². The van der Waals surface area contributed by atoms with Crippen LogP contribution in [-0.4, -0.2) is 35.2 Å². The molecule has 1 aromatic carbocycles. The average Bonchev–Trinajstić information content (AvgIpc) is 2.46. The first-order valence-electron chi connectivity index (χ1n) is 6.45. The minimum Gasteiger partial charge on any atom is -0.465 e. The Labute approximate surface area is 116 Å². The van der Waals surface area contributed by atoms with E-state index < -0.39 is 6.09 Å². The van der Waals surface area contributed by atoms with Gasteiger partial charge < -0.3 is 14.7 Å². The first-order valence-corrected chi connectivity index (χ1v) is 6.45. The molecule has 0 unspecified atom stereocenters. The van der Waals surface area contributed by atoms with Crippen LogP contribution in [0, 0.1) is 11.7 Å². The number of nitrogens with zero attached hydrogens (tertiary/aromatic N) is 1. The molecule has 6 heteroatoms. The maximum Gasteiger partial charge on any atom is 0.407 e. The van der Waals surface area contributed by atoms with E-state index in [9.17, 15) is 14.0 Å². The summed E-state index contributed by atoms with van der Waals surface area (Å²) in [5, 5.41) is 8.82. The van der Waals surface area contributed by atoms with E-state index in [1.165, 1.54) is 17.0 Å². The summed E-state index contributed by atoms with van der Waals surface area (Å²) < 4.78 is 17.9. The minimum absolute atomic E-state index is 0.109. The Balaban J connectivity index is 1.78. The molecule has 1 N–H and O–H groups in total. The summed E-state index contributed by atoms with van der Waals surface area (Å²) in [5.41, 5.74) is 0.725. The van der Waals surface area contributed by atoms with Crippen molar-refractivity contribution in [3.63, 3.8) is 0 Å². The van der Waals surface area contributed by atoms with Gasteiger partial charge in [0.25, 0.3) is 0 Å². The van der Waals surface area contributed by atoms with E-state index >= 15 is 0 Å². The SMILES string of the molecule is O=C(OCc1ccc(F)cc1)C1CCN(C(=O)O)CC1. The molecule has 108 valence electrons. The van der Waals surface area contributed by atoms with Crippen molar-refractivity contribution in [1.29, 1.82) is 0 Å². The van der Waals surface area contributed by atoms with Crippen LogP contribution < -0.4 is 0 Å². The number of hydrogen-bond donors (Lipinski definition) is 1. The molecule has 0 radical (unpaired) electrons. The number of ether oxygens (including phenoxy) is 1. The van der Waals surface area contributed by atoms with Gasteiger partial charge in [0.15, 0.2) is 0 Å². The lowest BCUT2D eigenvalue weighted by Gasteiger charge is -2.28. The molecule has 1 fully saturated rings. The van der Waals surface area contributed by atoms with Gasteiger partial charge >= 0.3 is 12.1 Å². The Bertz CT molecular complexity index is 480. The smallest absolute Gasteiger partial charge is 0.407 e. The average molecular weight is 281 g/mol. The van der Waals surface area contributed by atoms with Crippen molar-refractivity contribution in [3.05, 3.63) is 35.6 Å². The lowest BCUT2D eigenvalue weighted by Crippen LogP contribution is -2.39. The topological polar surface area (TPSA) is 66.8 Å². The van der Waals surface area contributed by atoms with E-state index in [1.54, 1.807) is 12.1 Å². The van der Waals surface area contributed by atoms with Crippen molar-refractivity contribution in [1.82, 2.24) is 4.90 Å². The molecule has 2 rings (SSSR count). The Morgan fingerprint density at radius 1 is 1.25 bits per heavy atom. The fraction of sp³-hybridized carbons (Fsp3) is 0.429. The number of amides is 1. The summed E-state index contributed by atoms with van der Waals surface area (Å²) in [6.45, 7) is 0.815. The highest BCUT2D eigenvalue weighted by molar-refractivity contribution is 5.73. The van der Waals surface area contributed by atoms with Crippen molar-refractivity contribution >= 4 is 12.1 Å². The van der Waals surface area contributed by atoms with Gasteiger partial charge in [-0.05, 0) is 30.5 Å². The van der Waals surface area contributed by atoms with Gasteiger partial charge in [0.1, 0.15) is 12.4 Å². The summed E-state index contributed by atoms with van der Waals surface area (Å²) in [4.78, 5) is 23.9. The monoisotopic (exact) mass is 281 g/mol. The molecule has 20 heavy (non-hydrogen) atoms. The predicted octanol–water partition coefficient (Wildman–Crippen LogP) is 2.26. The fourth-order valence-corrected chi connectivity index (χ4v) is 2.16. The van der Waals surface area contributed by atoms with Crippen LogP contribution in [0.3, 0.4) is 0 Å². The quantitative estimate of drug-likeness (QED) is 0.863. The number of carbonyl (C=O) groups is 2. The molecule has 1 saturated heterocycles. The molecule has 0 aromatic heterocycles. The molecule has 0 aliphatic carbocycles. The van der Waals surface area contributed by atoms with E-state index in [-0.39, 0.29) is 24.3 Å². The molecule has 1 heterocycles. The van der Waals surface area contributed by atoms with E-state index in [0.717, 1.165) is 5.56 Å². The molecule has 1 aliphatic rings. The van der Waals surface area contributed by atoms with Gasteiger partial charge in [0.2, 0.25) is 0 Å². The van der Waals surface area contributed by atoms with Crippen LogP contribution in [0.4, 0.5) is 9.18 Å². The van der Waals surface area contributed by atoms with Crippen LogP contribution in [-0.2, 0) is 16.1 Å². The predicted molar refractivity (Wildman–Crippen MR) is 68.5 cm³/mol. The van der Waals surface area contributed by atoms with Crippen molar-refractivity contribution in [2.45, 2.75) is 19.4 Å². The molecule has 0 atom stereocenters. The highest BCUT2D eigenvalue weighted by Gasteiger charge is 2.28. The Morgan fingerprint density at radius 2 is 1.85 bits per heavy atom. The second-order valence-corrected chi connectivity index (χ2v) is 4.78. The van der Waals surface area contributed by atoms with Crippen LogP contribution in [0.5, 0.6) is 0 Å². The van der Waals surface area contributed by atoms with E-state index in [0.29, 0.717) is 25.9 Å². The van der Waals surface area contributed by atoms with Crippen molar-refractivity contribution < 1.29 is 23.8 Å². The molecule has 1 amide bonds. The largest absolute Gasteiger partial charge is 0.465 e. The summed E-state index contributed by atoms with van der Waals surface area (Å²) in [6.07, 6.45) is 0.00598.